The molecule has 4 aromatic rings. The smallest absolute Gasteiger partial charge is 0.225 e. The Morgan fingerprint density at radius 3 is 2.71 bits per heavy atom. The Labute approximate surface area is 179 Å². The number of rotatable bonds is 8. The normalized spacial score (nSPS) is 12.5. The quantitative estimate of drug-likeness (QED) is 0.348. The summed E-state index contributed by atoms with van der Waals surface area (Å²) in [6, 6.07) is 5.96. The Kier molecular flexibility index (Phi) is 6.13. The van der Waals surface area contributed by atoms with E-state index in [0.29, 0.717) is 46.9 Å². The molecule has 0 spiro atoms. The molecule has 1 atom stereocenters. The maximum atomic E-state index is 15.4. The first-order valence-corrected chi connectivity index (χ1v) is 10.5. The van der Waals surface area contributed by atoms with E-state index in [4.69, 9.17) is 9.15 Å². The van der Waals surface area contributed by atoms with Crippen LogP contribution in [-0.2, 0) is 11.2 Å². The molecule has 162 valence electrons. The Bertz CT molecular complexity index is 1160. The highest BCUT2D eigenvalue weighted by Gasteiger charge is 2.23. The summed E-state index contributed by atoms with van der Waals surface area (Å²) in [5.74, 6) is -0.466. The van der Waals surface area contributed by atoms with Gasteiger partial charge in [-0.15, -0.1) is 0 Å². The molecule has 3 heterocycles. The Balaban J connectivity index is 1.85. The summed E-state index contributed by atoms with van der Waals surface area (Å²) in [6.45, 7) is 6.59. The molecule has 0 amide bonds. The zero-order valence-corrected chi connectivity index (χ0v) is 17.9. The van der Waals surface area contributed by atoms with Gasteiger partial charge in [0.05, 0.1) is 23.7 Å². The van der Waals surface area contributed by atoms with Crippen molar-refractivity contribution in [2.75, 3.05) is 6.61 Å². The minimum absolute atomic E-state index is 0.0430. The third-order valence-corrected chi connectivity index (χ3v) is 5.32. The number of aryl methyl sites for hydroxylation is 1. The van der Waals surface area contributed by atoms with Crippen LogP contribution in [-0.4, -0.2) is 27.1 Å². The van der Waals surface area contributed by atoms with Crippen LogP contribution in [0.3, 0.4) is 0 Å². The number of pyridine rings is 1. The molecule has 7 heteroatoms. The summed E-state index contributed by atoms with van der Waals surface area (Å²) in [5, 5.41) is 0. The first-order chi connectivity index (χ1) is 15.0. The maximum Gasteiger partial charge on any atom is 0.225 e. The number of ether oxygens (including phenoxy) is 1. The number of hydrogen-bond acceptors (Lipinski definition) is 4. The van der Waals surface area contributed by atoms with Crippen molar-refractivity contribution in [3.8, 4) is 22.7 Å². The van der Waals surface area contributed by atoms with Gasteiger partial charge in [-0.3, -0.25) is 0 Å². The molecule has 0 aliphatic heterocycles. The molecule has 3 aromatic heterocycles. The van der Waals surface area contributed by atoms with Crippen LogP contribution < -0.4 is 0 Å². The van der Waals surface area contributed by atoms with Crippen molar-refractivity contribution >= 4 is 5.65 Å². The lowest BCUT2D eigenvalue weighted by Gasteiger charge is -2.17. The first-order valence-electron chi connectivity index (χ1n) is 10.5. The van der Waals surface area contributed by atoms with Gasteiger partial charge in [0.25, 0.3) is 0 Å². The van der Waals surface area contributed by atoms with Gasteiger partial charge in [-0.2, -0.15) is 0 Å². The second-order valence-electron chi connectivity index (χ2n) is 7.57. The van der Waals surface area contributed by atoms with E-state index in [1.54, 1.807) is 6.20 Å². The Morgan fingerprint density at radius 1 is 1.19 bits per heavy atom. The zero-order chi connectivity index (χ0) is 22.0. The van der Waals surface area contributed by atoms with Crippen molar-refractivity contribution in [3.63, 3.8) is 0 Å². The predicted octanol–water partition coefficient (Wildman–Crippen LogP) is 5.99. The molecule has 0 saturated carbocycles. The molecule has 4 rings (SSSR count). The van der Waals surface area contributed by atoms with Crippen LogP contribution in [0.1, 0.15) is 37.9 Å². The molecular weight excluding hydrogens is 400 g/mol. The van der Waals surface area contributed by atoms with Gasteiger partial charge in [-0.05, 0) is 43.5 Å². The number of benzene rings is 1. The molecule has 0 bridgehead atoms. The number of fused-ring (bicyclic) bond motifs is 1. The molecule has 0 N–H and O–H groups in total. The summed E-state index contributed by atoms with van der Waals surface area (Å²) in [4.78, 5) is 8.71. The summed E-state index contributed by atoms with van der Waals surface area (Å²) in [5.41, 5.74) is 3.37. The van der Waals surface area contributed by atoms with Gasteiger partial charge in [0.2, 0.25) is 5.89 Å². The van der Waals surface area contributed by atoms with Crippen LogP contribution in [0, 0.1) is 18.6 Å². The fourth-order valence-electron chi connectivity index (χ4n) is 3.82. The molecule has 5 nitrogen and oxygen atoms in total. The highest BCUT2D eigenvalue weighted by molar-refractivity contribution is 5.73. The van der Waals surface area contributed by atoms with E-state index in [1.165, 1.54) is 30.7 Å². The number of imidazole rings is 1. The molecule has 31 heavy (non-hydrogen) atoms. The number of nitrogens with zero attached hydrogens (tertiary/aromatic N) is 3. The Morgan fingerprint density at radius 2 is 2.03 bits per heavy atom. The standard InChI is InChI=1S/C24H25F2N3O2/c1-4-9-30-18(5-2)14-20-23(28-21-13-17(25)6-8-29(20)21)22-15(3)11-16(12-19(22)26)24-27-7-10-31-24/h6-8,10-13,18H,4-5,9,14H2,1-3H3. The van der Waals surface area contributed by atoms with E-state index in [2.05, 4.69) is 23.8 Å². The topological polar surface area (TPSA) is 52.6 Å². The third-order valence-electron chi connectivity index (χ3n) is 5.32. The van der Waals surface area contributed by atoms with Gasteiger partial charge in [0.1, 0.15) is 23.5 Å². The van der Waals surface area contributed by atoms with Crippen LogP contribution in [0.2, 0.25) is 0 Å². The molecule has 0 aliphatic rings. The van der Waals surface area contributed by atoms with Crippen molar-refractivity contribution < 1.29 is 17.9 Å². The summed E-state index contributed by atoms with van der Waals surface area (Å²) >= 11 is 0. The monoisotopic (exact) mass is 425 g/mol. The van der Waals surface area contributed by atoms with E-state index in [-0.39, 0.29) is 11.9 Å². The van der Waals surface area contributed by atoms with Crippen LogP contribution in [0.15, 0.2) is 47.3 Å². The minimum atomic E-state index is -0.430. The van der Waals surface area contributed by atoms with Gasteiger partial charge >= 0.3 is 0 Å². The molecule has 0 saturated heterocycles. The van der Waals surface area contributed by atoms with Crippen LogP contribution in [0.25, 0.3) is 28.4 Å². The molecule has 1 unspecified atom stereocenters. The van der Waals surface area contributed by atoms with Gasteiger partial charge in [-0.25, -0.2) is 18.7 Å². The number of halogens is 2. The van der Waals surface area contributed by atoms with Gasteiger partial charge in [0.15, 0.2) is 0 Å². The van der Waals surface area contributed by atoms with Crippen LogP contribution in [0.5, 0.6) is 0 Å². The van der Waals surface area contributed by atoms with Crippen molar-refractivity contribution in [1.29, 1.82) is 0 Å². The largest absolute Gasteiger partial charge is 0.445 e. The van der Waals surface area contributed by atoms with Crippen LogP contribution in [0.4, 0.5) is 8.78 Å². The molecule has 0 radical (unpaired) electrons. The van der Waals surface area contributed by atoms with Gasteiger partial charge < -0.3 is 13.6 Å². The van der Waals surface area contributed by atoms with E-state index < -0.39 is 5.82 Å². The molecule has 1 aromatic carbocycles. The second kappa shape index (κ2) is 8.98. The Hall–Kier alpha value is -3.06. The van der Waals surface area contributed by atoms with Crippen LogP contribution >= 0.6 is 0 Å². The van der Waals surface area contributed by atoms with E-state index >= 15 is 4.39 Å². The lowest BCUT2D eigenvalue weighted by atomic mass is 9.98. The second-order valence-corrected chi connectivity index (χ2v) is 7.57. The lowest BCUT2D eigenvalue weighted by Crippen LogP contribution is -2.17. The number of oxazole rings is 1. The summed E-state index contributed by atoms with van der Waals surface area (Å²) in [6.07, 6.45) is 6.82. The fraction of sp³-hybridized carbons (Fsp3) is 0.333. The maximum absolute atomic E-state index is 15.4. The first kappa shape index (κ1) is 21.2. The number of hydrogen-bond donors (Lipinski definition) is 0. The average Bonchev–Trinajstić information content (AvgIpc) is 3.39. The molecule has 0 aliphatic carbocycles. The predicted molar refractivity (Wildman–Crippen MR) is 115 cm³/mol. The van der Waals surface area contributed by atoms with E-state index in [1.807, 2.05) is 17.4 Å². The van der Waals surface area contributed by atoms with Gasteiger partial charge in [0, 0.05) is 36.4 Å². The summed E-state index contributed by atoms with van der Waals surface area (Å²) in [7, 11) is 0. The lowest BCUT2D eigenvalue weighted by molar-refractivity contribution is 0.0508. The average molecular weight is 425 g/mol. The molecular formula is C24H25F2N3O2. The minimum Gasteiger partial charge on any atom is -0.445 e. The third kappa shape index (κ3) is 4.23. The van der Waals surface area contributed by atoms with Gasteiger partial charge in [-0.1, -0.05) is 13.8 Å². The van der Waals surface area contributed by atoms with Crippen molar-refractivity contribution in [2.45, 2.75) is 46.1 Å². The summed E-state index contributed by atoms with van der Waals surface area (Å²) < 4.78 is 42.4. The number of aromatic nitrogens is 3. The zero-order valence-electron chi connectivity index (χ0n) is 17.9. The van der Waals surface area contributed by atoms with Crippen molar-refractivity contribution in [2.24, 2.45) is 0 Å². The SMILES string of the molecule is CCCOC(CC)Cc1c(-c2c(C)cc(-c3ncco3)cc2F)nc2cc(F)ccn12. The van der Waals surface area contributed by atoms with Crippen molar-refractivity contribution in [3.05, 3.63) is 65.8 Å². The highest BCUT2D eigenvalue weighted by Crippen LogP contribution is 2.34. The molecule has 0 fully saturated rings. The fourth-order valence-corrected chi connectivity index (χ4v) is 3.82. The van der Waals surface area contributed by atoms with E-state index in [0.717, 1.165) is 18.5 Å². The van der Waals surface area contributed by atoms with Crippen molar-refractivity contribution in [1.82, 2.24) is 14.4 Å². The highest BCUT2D eigenvalue weighted by atomic mass is 19.1. The van der Waals surface area contributed by atoms with E-state index in [9.17, 15) is 4.39 Å².